The third-order valence-electron chi connectivity index (χ3n) is 3.42. The number of nitrogens with two attached hydrogens (primary N) is 1. The van der Waals surface area contributed by atoms with E-state index in [4.69, 9.17) is 17.3 Å². The number of nitrogen functional groups attached to an aromatic ring is 1. The summed E-state index contributed by atoms with van der Waals surface area (Å²) in [4.78, 5) is 23.0. The summed E-state index contributed by atoms with van der Waals surface area (Å²) in [6, 6.07) is 4.72. The fourth-order valence-corrected chi connectivity index (χ4v) is 2.41. The lowest BCUT2D eigenvalue weighted by atomic mass is 10.1. The highest BCUT2D eigenvalue weighted by Gasteiger charge is 2.21. The van der Waals surface area contributed by atoms with Gasteiger partial charge in [0.1, 0.15) is 22.5 Å². The van der Waals surface area contributed by atoms with Gasteiger partial charge in [-0.2, -0.15) is 0 Å². The van der Waals surface area contributed by atoms with Crippen LogP contribution in [0.4, 0.5) is 11.4 Å². The van der Waals surface area contributed by atoms with Crippen LogP contribution in [0.15, 0.2) is 24.3 Å². The number of nitro groups is 1. The van der Waals surface area contributed by atoms with Crippen molar-refractivity contribution in [2.45, 2.75) is 0 Å². The van der Waals surface area contributed by atoms with E-state index in [1.54, 1.807) is 0 Å². The normalized spacial score (nSPS) is 10.8. The smallest absolute Gasteiger partial charge is 0.340 e. The van der Waals surface area contributed by atoms with Crippen LogP contribution in [0.5, 0.6) is 5.75 Å². The molecule has 3 N–H and O–H groups in total. The molecule has 0 spiro atoms. The van der Waals surface area contributed by atoms with Crippen LogP contribution in [0.25, 0.3) is 16.7 Å². The van der Waals surface area contributed by atoms with E-state index in [1.807, 2.05) is 0 Å². The number of halogens is 1. The van der Waals surface area contributed by atoms with Gasteiger partial charge in [-0.25, -0.2) is 4.79 Å². The number of rotatable bonds is 3. The average molecular weight is 364 g/mol. The topological polar surface area (TPSA) is 146 Å². The van der Waals surface area contributed by atoms with Crippen molar-refractivity contribution < 1.29 is 19.6 Å². The van der Waals surface area contributed by atoms with E-state index in [2.05, 4.69) is 14.9 Å². The van der Waals surface area contributed by atoms with Crippen LogP contribution in [0.1, 0.15) is 10.4 Å². The Labute approximate surface area is 144 Å². The van der Waals surface area contributed by atoms with E-state index in [0.29, 0.717) is 0 Å². The predicted octanol–water partition coefficient (Wildman–Crippen LogP) is 2.06. The Balaban J connectivity index is 2.24. The Hall–Kier alpha value is -3.40. The van der Waals surface area contributed by atoms with Crippen LogP contribution in [0.2, 0.25) is 5.02 Å². The summed E-state index contributed by atoms with van der Waals surface area (Å²) in [5, 5.41) is 29.1. The fourth-order valence-electron chi connectivity index (χ4n) is 2.23. The molecule has 0 aliphatic heterocycles. The van der Waals surface area contributed by atoms with Gasteiger partial charge >= 0.3 is 5.97 Å². The third kappa shape index (κ3) is 2.68. The zero-order valence-corrected chi connectivity index (χ0v) is 13.4. The lowest BCUT2D eigenvalue weighted by Crippen LogP contribution is -2.04. The van der Waals surface area contributed by atoms with Crippen LogP contribution in [0, 0.1) is 10.1 Å². The number of phenols is 1. The van der Waals surface area contributed by atoms with Crippen molar-refractivity contribution in [2.24, 2.45) is 0 Å². The first-order chi connectivity index (χ1) is 11.8. The molecule has 0 aliphatic carbocycles. The number of anilines is 1. The highest BCUT2D eigenvalue weighted by molar-refractivity contribution is 6.38. The summed E-state index contributed by atoms with van der Waals surface area (Å²) < 4.78 is 4.68. The van der Waals surface area contributed by atoms with Gasteiger partial charge in [0.05, 0.1) is 34.4 Å². The molecule has 0 radical (unpaired) electrons. The van der Waals surface area contributed by atoms with Crippen molar-refractivity contribution in [3.05, 3.63) is 45.0 Å². The number of hydrogen-bond donors (Lipinski definition) is 2. The van der Waals surface area contributed by atoms with E-state index in [1.165, 1.54) is 25.3 Å². The van der Waals surface area contributed by atoms with Crippen LogP contribution >= 0.6 is 11.6 Å². The molecule has 0 saturated carbocycles. The second kappa shape index (κ2) is 5.91. The first kappa shape index (κ1) is 16.5. The molecule has 0 unspecified atom stereocenters. The second-order valence-corrected chi connectivity index (χ2v) is 5.31. The summed E-state index contributed by atoms with van der Waals surface area (Å²) in [5.41, 5.74) is 5.93. The molecule has 128 valence electrons. The van der Waals surface area contributed by atoms with Crippen molar-refractivity contribution in [1.29, 1.82) is 0 Å². The van der Waals surface area contributed by atoms with Crippen molar-refractivity contribution in [3.63, 3.8) is 0 Å². The molecular weight excluding hydrogens is 354 g/mol. The molecule has 0 bridgehead atoms. The van der Waals surface area contributed by atoms with Gasteiger partial charge in [-0.1, -0.05) is 11.6 Å². The molecule has 1 aromatic heterocycles. The number of aromatic hydroxyl groups is 1. The van der Waals surface area contributed by atoms with E-state index in [-0.39, 0.29) is 38.7 Å². The molecule has 10 nitrogen and oxygen atoms in total. The quantitative estimate of drug-likeness (QED) is 0.311. The molecule has 11 heteroatoms. The Morgan fingerprint density at radius 3 is 2.64 bits per heavy atom. The van der Waals surface area contributed by atoms with Gasteiger partial charge in [-0.15, -0.1) is 15.0 Å². The lowest BCUT2D eigenvalue weighted by Gasteiger charge is -2.03. The van der Waals surface area contributed by atoms with Crippen LogP contribution < -0.4 is 5.73 Å². The molecule has 2 aromatic carbocycles. The number of methoxy groups -OCH3 is 1. The van der Waals surface area contributed by atoms with Crippen LogP contribution in [0.3, 0.4) is 0 Å². The minimum Gasteiger partial charge on any atom is -0.505 e. The minimum atomic E-state index is -0.687. The van der Waals surface area contributed by atoms with Gasteiger partial charge < -0.3 is 15.6 Å². The SMILES string of the molecule is COC(=O)c1cc(N)c(Cl)c2nn(-c3ccc([N+](=O)[O-])cc3O)nc12. The van der Waals surface area contributed by atoms with Gasteiger partial charge in [-0.3, -0.25) is 10.1 Å². The Kier molecular flexibility index (Phi) is 3.89. The molecule has 0 saturated heterocycles. The number of nitrogens with zero attached hydrogens (tertiary/aromatic N) is 4. The molecule has 3 aromatic rings. The van der Waals surface area contributed by atoms with Crippen molar-refractivity contribution in [1.82, 2.24) is 15.0 Å². The number of carbonyl (C=O) groups is 1. The number of benzene rings is 2. The number of nitro benzene ring substituents is 1. The standard InChI is InChI=1S/C14H10ClN5O5/c1-25-14(22)7-5-8(16)11(15)13-12(7)17-19(18-13)9-3-2-6(20(23)24)4-10(9)21/h2-5,21H,16H2,1H3. The van der Waals surface area contributed by atoms with Crippen LogP contribution in [-0.4, -0.2) is 38.1 Å². The predicted molar refractivity (Wildman–Crippen MR) is 87.9 cm³/mol. The summed E-state index contributed by atoms with van der Waals surface area (Å²) in [7, 11) is 1.20. The maximum absolute atomic E-state index is 11.9. The van der Waals surface area contributed by atoms with E-state index >= 15 is 0 Å². The number of ether oxygens (including phenoxy) is 1. The van der Waals surface area contributed by atoms with Gasteiger partial charge in [0.25, 0.3) is 5.69 Å². The summed E-state index contributed by atoms with van der Waals surface area (Å²) in [6.07, 6.45) is 0. The maximum atomic E-state index is 11.9. The fraction of sp³-hybridized carbons (Fsp3) is 0.0714. The van der Waals surface area contributed by atoms with Crippen molar-refractivity contribution in [3.8, 4) is 11.4 Å². The van der Waals surface area contributed by atoms with Gasteiger partial charge in [0, 0.05) is 6.07 Å². The zero-order chi connectivity index (χ0) is 18.3. The maximum Gasteiger partial charge on any atom is 0.340 e. The number of aromatic nitrogens is 3. The molecule has 1 heterocycles. The Morgan fingerprint density at radius 1 is 1.36 bits per heavy atom. The molecule has 3 rings (SSSR count). The largest absolute Gasteiger partial charge is 0.505 e. The summed E-state index contributed by atoms with van der Waals surface area (Å²) >= 11 is 6.11. The summed E-state index contributed by atoms with van der Waals surface area (Å²) in [6.45, 7) is 0. The Morgan fingerprint density at radius 2 is 2.04 bits per heavy atom. The molecular formula is C14H10ClN5O5. The number of hydrogen-bond acceptors (Lipinski definition) is 8. The highest BCUT2D eigenvalue weighted by Crippen LogP contribution is 2.32. The number of phenolic OH excluding ortho intramolecular Hbond substituents is 1. The van der Waals surface area contributed by atoms with Crippen LogP contribution in [-0.2, 0) is 4.74 Å². The number of non-ortho nitro benzene ring substituents is 1. The molecule has 0 aliphatic rings. The number of carbonyl (C=O) groups excluding carboxylic acids is 1. The van der Waals surface area contributed by atoms with E-state index in [9.17, 15) is 20.0 Å². The monoisotopic (exact) mass is 363 g/mol. The van der Waals surface area contributed by atoms with E-state index < -0.39 is 16.6 Å². The first-order valence-electron chi connectivity index (χ1n) is 6.74. The zero-order valence-electron chi connectivity index (χ0n) is 12.6. The molecule has 0 amide bonds. The molecule has 0 fully saturated rings. The van der Waals surface area contributed by atoms with Gasteiger partial charge in [0.15, 0.2) is 0 Å². The number of esters is 1. The van der Waals surface area contributed by atoms with Gasteiger partial charge in [0.2, 0.25) is 0 Å². The lowest BCUT2D eigenvalue weighted by molar-refractivity contribution is -0.384. The average Bonchev–Trinajstić information content (AvgIpc) is 3.02. The Bertz CT molecular complexity index is 1030. The van der Waals surface area contributed by atoms with Crippen molar-refractivity contribution in [2.75, 3.05) is 12.8 Å². The minimum absolute atomic E-state index is 0.0482. The van der Waals surface area contributed by atoms with Gasteiger partial charge in [-0.05, 0) is 12.1 Å². The third-order valence-corrected chi connectivity index (χ3v) is 3.82. The van der Waals surface area contributed by atoms with E-state index in [0.717, 1.165) is 10.9 Å². The molecule has 0 atom stereocenters. The first-order valence-corrected chi connectivity index (χ1v) is 7.12. The number of fused-ring (bicyclic) bond motifs is 1. The summed E-state index contributed by atoms with van der Waals surface area (Å²) in [5.74, 6) is -1.11. The second-order valence-electron chi connectivity index (χ2n) is 4.94. The highest BCUT2D eigenvalue weighted by atomic mass is 35.5. The molecule has 25 heavy (non-hydrogen) atoms. The van der Waals surface area contributed by atoms with Crippen molar-refractivity contribution >= 4 is 40.0 Å².